The van der Waals surface area contributed by atoms with Crippen molar-refractivity contribution < 1.29 is 0 Å². The van der Waals surface area contributed by atoms with Crippen LogP contribution >= 0.6 is 27.5 Å². The van der Waals surface area contributed by atoms with Gasteiger partial charge in [-0.15, -0.1) is 0 Å². The lowest BCUT2D eigenvalue weighted by Crippen LogP contribution is -2.17. The smallest absolute Gasteiger partial charge is 0.0493 e. The van der Waals surface area contributed by atoms with Gasteiger partial charge in [0.25, 0.3) is 0 Å². The number of hydrogen-bond acceptors (Lipinski definition) is 1. The highest BCUT2D eigenvalue weighted by Gasteiger charge is 2.22. The van der Waals surface area contributed by atoms with Gasteiger partial charge in [-0.05, 0) is 47.0 Å². The van der Waals surface area contributed by atoms with E-state index in [0.717, 1.165) is 22.1 Å². The Labute approximate surface area is 114 Å². The quantitative estimate of drug-likeness (QED) is 0.911. The van der Waals surface area contributed by atoms with Crippen LogP contribution < -0.4 is 5.32 Å². The summed E-state index contributed by atoms with van der Waals surface area (Å²) in [5, 5.41) is 5.52. The zero-order valence-electron chi connectivity index (χ0n) is 9.63. The van der Waals surface area contributed by atoms with Crippen LogP contribution in [0.1, 0.15) is 18.5 Å². The molecule has 1 aromatic carbocycles. The molecule has 0 amide bonds. The summed E-state index contributed by atoms with van der Waals surface area (Å²) in [6.45, 7) is 0.911. The Morgan fingerprint density at radius 3 is 2.94 bits per heavy atom. The fraction of sp³-hybridized carbons (Fsp3) is 0.385. The maximum Gasteiger partial charge on any atom is 0.0493 e. The largest absolute Gasteiger partial charge is 0.345 e. The number of benzene rings is 1. The molecule has 1 N–H and O–H groups in total. The van der Waals surface area contributed by atoms with Crippen LogP contribution in [-0.2, 0) is 13.6 Å². The van der Waals surface area contributed by atoms with Crippen LogP contribution in [0, 0.1) is 0 Å². The lowest BCUT2D eigenvalue weighted by atomic mass is 10.2. The summed E-state index contributed by atoms with van der Waals surface area (Å²) in [6, 6.07) is 6.75. The number of nitrogens with zero attached hydrogens (tertiary/aromatic N) is 1. The van der Waals surface area contributed by atoms with Gasteiger partial charge in [0.05, 0.1) is 0 Å². The minimum absolute atomic E-state index is 0.725. The number of rotatable bonds is 3. The molecule has 3 rings (SSSR count). The van der Waals surface area contributed by atoms with Gasteiger partial charge in [0.1, 0.15) is 0 Å². The van der Waals surface area contributed by atoms with Crippen molar-refractivity contribution in [1.82, 2.24) is 9.88 Å². The molecule has 17 heavy (non-hydrogen) atoms. The fourth-order valence-corrected chi connectivity index (χ4v) is 3.05. The van der Waals surface area contributed by atoms with Crippen LogP contribution in [0.25, 0.3) is 10.9 Å². The molecule has 0 aliphatic heterocycles. The lowest BCUT2D eigenvalue weighted by Gasteiger charge is -2.06. The van der Waals surface area contributed by atoms with Crippen LogP contribution in [0.3, 0.4) is 0 Å². The van der Waals surface area contributed by atoms with E-state index in [2.05, 4.69) is 38.9 Å². The monoisotopic (exact) mass is 312 g/mol. The molecule has 1 fully saturated rings. The Kier molecular flexibility index (Phi) is 2.93. The average molecular weight is 314 g/mol. The topological polar surface area (TPSA) is 17.0 Å². The SMILES string of the molecule is Cn1c(CNC2CC2)c(Br)c2cc(Cl)ccc21. The summed E-state index contributed by atoms with van der Waals surface area (Å²) in [4.78, 5) is 0. The van der Waals surface area contributed by atoms with Crippen molar-refractivity contribution in [3.63, 3.8) is 0 Å². The molecule has 1 aliphatic carbocycles. The summed E-state index contributed by atoms with van der Waals surface area (Å²) in [5.41, 5.74) is 2.50. The second kappa shape index (κ2) is 4.30. The number of nitrogens with one attached hydrogen (secondary N) is 1. The van der Waals surface area contributed by atoms with E-state index < -0.39 is 0 Å². The zero-order chi connectivity index (χ0) is 12.0. The molecule has 1 saturated carbocycles. The molecular weight excluding hydrogens is 300 g/mol. The maximum absolute atomic E-state index is 6.04. The van der Waals surface area contributed by atoms with Crippen molar-refractivity contribution in [3.05, 3.63) is 33.4 Å². The molecule has 0 unspecified atom stereocenters. The van der Waals surface area contributed by atoms with Crippen molar-refractivity contribution in [1.29, 1.82) is 0 Å². The molecule has 0 saturated heterocycles. The normalized spacial score (nSPS) is 15.7. The Balaban J connectivity index is 2.03. The van der Waals surface area contributed by atoms with Crippen LogP contribution in [0.2, 0.25) is 5.02 Å². The van der Waals surface area contributed by atoms with Crippen LogP contribution in [0.4, 0.5) is 0 Å². The van der Waals surface area contributed by atoms with E-state index in [-0.39, 0.29) is 0 Å². The first kappa shape index (κ1) is 11.6. The number of fused-ring (bicyclic) bond motifs is 1. The molecule has 1 aliphatic rings. The van der Waals surface area contributed by atoms with Crippen molar-refractivity contribution in [2.24, 2.45) is 7.05 Å². The van der Waals surface area contributed by atoms with Gasteiger partial charge < -0.3 is 9.88 Å². The van der Waals surface area contributed by atoms with Crippen molar-refractivity contribution in [2.45, 2.75) is 25.4 Å². The first-order valence-electron chi connectivity index (χ1n) is 5.82. The average Bonchev–Trinajstić information content (AvgIpc) is 3.09. The van der Waals surface area contributed by atoms with Crippen LogP contribution in [0.5, 0.6) is 0 Å². The minimum atomic E-state index is 0.725. The van der Waals surface area contributed by atoms with Crippen molar-refractivity contribution >= 4 is 38.4 Å². The Morgan fingerprint density at radius 1 is 1.47 bits per heavy atom. The van der Waals surface area contributed by atoms with Crippen LogP contribution in [-0.4, -0.2) is 10.6 Å². The van der Waals surface area contributed by atoms with E-state index in [4.69, 9.17) is 11.6 Å². The third-order valence-corrected chi connectivity index (χ3v) is 4.47. The van der Waals surface area contributed by atoms with Gasteiger partial charge in [-0.3, -0.25) is 0 Å². The highest BCUT2D eigenvalue weighted by atomic mass is 79.9. The second-order valence-corrected chi connectivity index (χ2v) is 5.87. The summed E-state index contributed by atoms with van der Waals surface area (Å²) >= 11 is 9.73. The molecule has 1 aromatic heterocycles. The van der Waals surface area contributed by atoms with Gasteiger partial charge in [-0.25, -0.2) is 0 Å². The van der Waals surface area contributed by atoms with E-state index in [0.29, 0.717) is 0 Å². The highest BCUT2D eigenvalue weighted by Crippen LogP contribution is 2.32. The van der Waals surface area contributed by atoms with Gasteiger partial charge in [-0.1, -0.05) is 11.6 Å². The molecule has 0 bridgehead atoms. The predicted octanol–water partition coefficient (Wildman–Crippen LogP) is 3.85. The first-order chi connectivity index (χ1) is 8.16. The van der Waals surface area contributed by atoms with Gasteiger partial charge in [-0.2, -0.15) is 0 Å². The lowest BCUT2D eigenvalue weighted by molar-refractivity contribution is 0.653. The van der Waals surface area contributed by atoms with Gasteiger partial charge in [0, 0.05) is 45.7 Å². The molecule has 90 valence electrons. The third-order valence-electron chi connectivity index (χ3n) is 3.35. The maximum atomic E-state index is 6.04. The molecule has 1 heterocycles. The Hall–Kier alpha value is -0.510. The Morgan fingerprint density at radius 2 is 2.24 bits per heavy atom. The van der Waals surface area contributed by atoms with Gasteiger partial charge in [0.15, 0.2) is 0 Å². The van der Waals surface area contributed by atoms with E-state index in [9.17, 15) is 0 Å². The van der Waals surface area contributed by atoms with Gasteiger partial charge >= 0.3 is 0 Å². The van der Waals surface area contributed by atoms with E-state index in [1.165, 1.54) is 29.4 Å². The molecule has 2 nitrogen and oxygen atoms in total. The first-order valence-corrected chi connectivity index (χ1v) is 6.99. The fourth-order valence-electron chi connectivity index (χ4n) is 2.15. The second-order valence-electron chi connectivity index (χ2n) is 4.64. The number of hydrogen-bond donors (Lipinski definition) is 1. The highest BCUT2D eigenvalue weighted by molar-refractivity contribution is 9.10. The third kappa shape index (κ3) is 2.12. The van der Waals surface area contributed by atoms with E-state index >= 15 is 0 Å². The molecule has 0 spiro atoms. The molecule has 0 radical (unpaired) electrons. The predicted molar refractivity (Wildman–Crippen MR) is 75.5 cm³/mol. The summed E-state index contributed by atoms with van der Waals surface area (Å²) < 4.78 is 3.39. The molecular formula is C13H14BrClN2. The van der Waals surface area contributed by atoms with Crippen molar-refractivity contribution in [3.8, 4) is 0 Å². The van der Waals surface area contributed by atoms with Crippen molar-refractivity contribution in [2.75, 3.05) is 0 Å². The number of aromatic nitrogens is 1. The van der Waals surface area contributed by atoms with Crippen LogP contribution in [0.15, 0.2) is 22.7 Å². The van der Waals surface area contributed by atoms with Gasteiger partial charge in [0.2, 0.25) is 0 Å². The van der Waals surface area contributed by atoms with E-state index in [1.54, 1.807) is 0 Å². The standard InChI is InChI=1S/C13H14BrClN2/c1-17-11-5-2-8(15)6-10(11)13(14)12(17)7-16-9-3-4-9/h2,5-6,9,16H,3-4,7H2,1H3. The summed E-state index contributed by atoms with van der Waals surface area (Å²) in [6.07, 6.45) is 2.63. The number of aryl methyl sites for hydroxylation is 1. The van der Waals surface area contributed by atoms with E-state index in [1.807, 2.05) is 12.1 Å². The molecule has 2 aromatic rings. The number of halogens is 2. The summed E-state index contributed by atoms with van der Waals surface area (Å²) in [7, 11) is 2.10. The Bertz CT molecular complexity index is 572. The zero-order valence-corrected chi connectivity index (χ0v) is 12.0. The molecule has 4 heteroatoms. The minimum Gasteiger partial charge on any atom is -0.345 e. The molecule has 0 atom stereocenters. The summed E-state index contributed by atoms with van der Waals surface area (Å²) in [5.74, 6) is 0.